The summed E-state index contributed by atoms with van der Waals surface area (Å²) in [7, 11) is 1.67. The molecule has 0 saturated carbocycles. The molecule has 0 aliphatic heterocycles. The van der Waals surface area contributed by atoms with E-state index in [0.717, 1.165) is 18.4 Å². The molecule has 0 aliphatic carbocycles. The third kappa shape index (κ3) is 2.59. The van der Waals surface area contributed by atoms with Gasteiger partial charge in [-0.2, -0.15) is 4.98 Å². The zero-order valence-electron chi connectivity index (χ0n) is 12.2. The lowest BCUT2D eigenvalue weighted by Gasteiger charge is -2.25. The lowest BCUT2D eigenvalue weighted by atomic mass is 9.96. The number of benzene rings is 1. The van der Waals surface area contributed by atoms with Gasteiger partial charge in [0.25, 0.3) is 0 Å². The van der Waals surface area contributed by atoms with E-state index in [-0.39, 0.29) is 0 Å². The SMILES string of the molecule is CCC(CC)(OC)c1noc([C@H](N)c2ccccc2)n1. The number of methoxy groups -OCH3 is 1. The Morgan fingerprint density at radius 2 is 1.90 bits per heavy atom. The molecule has 5 nitrogen and oxygen atoms in total. The molecule has 0 radical (unpaired) electrons. The second-order valence-electron chi connectivity index (χ2n) is 4.75. The summed E-state index contributed by atoms with van der Waals surface area (Å²) in [5, 5.41) is 4.06. The highest BCUT2D eigenvalue weighted by Gasteiger charge is 2.34. The summed E-state index contributed by atoms with van der Waals surface area (Å²) in [6.45, 7) is 4.08. The van der Waals surface area contributed by atoms with Crippen molar-refractivity contribution in [3.05, 3.63) is 47.6 Å². The number of ether oxygens (including phenoxy) is 1. The largest absolute Gasteiger partial charge is 0.370 e. The number of hydrogen-bond acceptors (Lipinski definition) is 5. The van der Waals surface area contributed by atoms with Gasteiger partial charge in [-0.05, 0) is 18.4 Å². The summed E-state index contributed by atoms with van der Waals surface area (Å²) in [5.41, 5.74) is 6.60. The van der Waals surface area contributed by atoms with E-state index < -0.39 is 11.6 Å². The Bertz CT molecular complexity index is 527. The van der Waals surface area contributed by atoms with E-state index >= 15 is 0 Å². The van der Waals surface area contributed by atoms with Crippen molar-refractivity contribution in [2.45, 2.75) is 38.3 Å². The highest BCUT2D eigenvalue weighted by atomic mass is 16.5. The molecular weight excluding hydrogens is 254 g/mol. The van der Waals surface area contributed by atoms with Crippen LogP contribution in [0.5, 0.6) is 0 Å². The van der Waals surface area contributed by atoms with Crippen molar-refractivity contribution in [1.29, 1.82) is 0 Å². The number of rotatable bonds is 6. The van der Waals surface area contributed by atoms with Crippen molar-refractivity contribution >= 4 is 0 Å². The molecule has 0 aliphatic rings. The zero-order chi connectivity index (χ0) is 14.6. The van der Waals surface area contributed by atoms with E-state index in [0.29, 0.717) is 11.7 Å². The Balaban J connectivity index is 2.29. The first-order valence-electron chi connectivity index (χ1n) is 6.86. The van der Waals surface area contributed by atoms with E-state index in [9.17, 15) is 0 Å². The fourth-order valence-electron chi connectivity index (χ4n) is 2.30. The Labute approximate surface area is 119 Å². The fourth-order valence-corrected chi connectivity index (χ4v) is 2.30. The quantitative estimate of drug-likeness (QED) is 0.877. The average Bonchev–Trinajstić information content (AvgIpc) is 3.00. The molecule has 1 aromatic heterocycles. The van der Waals surface area contributed by atoms with E-state index in [1.165, 1.54) is 0 Å². The maximum atomic E-state index is 6.16. The smallest absolute Gasteiger partial charge is 0.248 e. The molecule has 0 saturated heterocycles. The van der Waals surface area contributed by atoms with Gasteiger partial charge >= 0.3 is 0 Å². The van der Waals surface area contributed by atoms with E-state index in [1.54, 1.807) is 7.11 Å². The fraction of sp³-hybridized carbons (Fsp3) is 0.467. The first-order chi connectivity index (χ1) is 9.66. The van der Waals surface area contributed by atoms with Crippen molar-refractivity contribution in [2.24, 2.45) is 5.73 Å². The molecule has 0 spiro atoms. The summed E-state index contributed by atoms with van der Waals surface area (Å²) in [6.07, 6.45) is 1.55. The molecule has 5 heteroatoms. The molecule has 108 valence electrons. The summed E-state index contributed by atoms with van der Waals surface area (Å²) < 4.78 is 10.9. The van der Waals surface area contributed by atoms with Gasteiger partial charge in [0.1, 0.15) is 11.6 Å². The summed E-state index contributed by atoms with van der Waals surface area (Å²) >= 11 is 0. The van der Waals surface area contributed by atoms with Crippen LogP contribution in [-0.4, -0.2) is 17.3 Å². The van der Waals surface area contributed by atoms with Crippen LogP contribution in [0.1, 0.15) is 50.0 Å². The lowest BCUT2D eigenvalue weighted by Crippen LogP contribution is -2.28. The maximum Gasteiger partial charge on any atom is 0.248 e. The van der Waals surface area contributed by atoms with Gasteiger partial charge in [0.05, 0.1) is 0 Å². The zero-order valence-corrected chi connectivity index (χ0v) is 12.2. The van der Waals surface area contributed by atoms with E-state index in [1.807, 2.05) is 44.2 Å². The molecule has 0 fully saturated rings. The minimum absolute atomic E-state index is 0.412. The monoisotopic (exact) mass is 275 g/mol. The first-order valence-corrected chi connectivity index (χ1v) is 6.86. The molecule has 1 aromatic carbocycles. The van der Waals surface area contributed by atoms with Crippen LogP contribution in [0, 0.1) is 0 Å². The van der Waals surface area contributed by atoms with Crippen LogP contribution in [0.2, 0.25) is 0 Å². The maximum absolute atomic E-state index is 6.16. The molecule has 20 heavy (non-hydrogen) atoms. The van der Waals surface area contributed by atoms with Crippen LogP contribution >= 0.6 is 0 Å². The van der Waals surface area contributed by atoms with Crippen molar-refractivity contribution in [1.82, 2.24) is 10.1 Å². The minimum Gasteiger partial charge on any atom is -0.370 e. The predicted octanol–water partition coefficient (Wildman–Crippen LogP) is 2.78. The molecule has 0 bridgehead atoms. The molecule has 0 unspecified atom stereocenters. The lowest BCUT2D eigenvalue weighted by molar-refractivity contribution is -0.0306. The van der Waals surface area contributed by atoms with Crippen LogP contribution in [0.15, 0.2) is 34.9 Å². The van der Waals surface area contributed by atoms with Gasteiger partial charge in [0.2, 0.25) is 11.7 Å². The third-order valence-corrected chi connectivity index (χ3v) is 3.81. The van der Waals surface area contributed by atoms with Gasteiger partial charge < -0.3 is 15.0 Å². The average molecular weight is 275 g/mol. The summed E-state index contributed by atoms with van der Waals surface area (Å²) in [5.74, 6) is 0.973. The molecule has 1 atom stereocenters. The highest BCUT2D eigenvalue weighted by Crippen LogP contribution is 2.31. The van der Waals surface area contributed by atoms with E-state index in [2.05, 4.69) is 10.1 Å². The topological polar surface area (TPSA) is 74.2 Å². The van der Waals surface area contributed by atoms with Crippen molar-refractivity contribution in [3.63, 3.8) is 0 Å². The number of nitrogens with two attached hydrogens (primary N) is 1. The van der Waals surface area contributed by atoms with Crippen LogP contribution in [0.3, 0.4) is 0 Å². The molecule has 1 heterocycles. The second kappa shape index (κ2) is 6.15. The van der Waals surface area contributed by atoms with Crippen LogP contribution in [0.4, 0.5) is 0 Å². The molecule has 0 amide bonds. The van der Waals surface area contributed by atoms with Gasteiger partial charge in [-0.1, -0.05) is 49.3 Å². The Kier molecular flexibility index (Phi) is 4.52. The molecular formula is C15H21N3O2. The highest BCUT2D eigenvalue weighted by molar-refractivity contribution is 5.23. The number of nitrogens with zero attached hydrogens (tertiary/aromatic N) is 2. The van der Waals surface area contributed by atoms with Crippen molar-refractivity contribution in [3.8, 4) is 0 Å². The van der Waals surface area contributed by atoms with Crippen molar-refractivity contribution < 1.29 is 9.26 Å². The van der Waals surface area contributed by atoms with Crippen molar-refractivity contribution in [2.75, 3.05) is 7.11 Å². The predicted molar refractivity (Wildman–Crippen MR) is 76.0 cm³/mol. The normalized spacial score (nSPS) is 13.4. The summed E-state index contributed by atoms with van der Waals surface area (Å²) in [4.78, 5) is 4.44. The van der Waals surface area contributed by atoms with Gasteiger partial charge in [0, 0.05) is 7.11 Å². The van der Waals surface area contributed by atoms with Crippen LogP contribution in [0.25, 0.3) is 0 Å². The number of aromatic nitrogens is 2. The van der Waals surface area contributed by atoms with Gasteiger partial charge in [-0.15, -0.1) is 0 Å². The Hall–Kier alpha value is -1.72. The first kappa shape index (κ1) is 14.7. The minimum atomic E-state index is -0.502. The third-order valence-electron chi connectivity index (χ3n) is 3.81. The van der Waals surface area contributed by atoms with Gasteiger partial charge in [0.15, 0.2) is 0 Å². The Morgan fingerprint density at radius 1 is 1.25 bits per heavy atom. The van der Waals surface area contributed by atoms with Gasteiger partial charge in [-0.3, -0.25) is 0 Å². The Morgan fingerprint density at radius 3 is 2.45 bits per heavy atom. The number of hydrogen-bond donors (Lipinski definition) is 1. The summed E-state index contributed by atoms with van der Waals surface area (Å²) in [6, 6.07) is 9.28. The van der Waals surface area contributed by atoms with Gasteiger partial charge in [-0.25, -0.2) is 0 Å². The second-order valence-corrected chi connectivity index (χ2v) is 4.75. The molecule has 2 rings (SSSR count). The molecule has 2 aromatic rings. The van der Waals surface area contributed by atoms with Crippen LogP contribution in [-0.2, 0) is 10.3 Å². The standard InChI is InChI=1S/C15H21N3O2/c1-4-15(5-2,19-3)14-17-13(20-18-14)12(16)11-9-7-6-8-10-11/h6-10,12H,4-5,16H2,1-3H3/t12-/m1/s1. The van der Waals surface area contributed by atoms with Crippen LogP contribution < -0.4 is 5.73 Å². The molecule has 2 N–H and O–H groups in total. The van der Waals surface area contributed by atoms with E-state index in [4.69, 9.17) is 15.0 Å².